The first-order valence-electron chi connectivity index (χ1n) is 9.92. The van der Waals surface area contributed by atoms with Gasteiger partial charge in [0.25, 0.3) is 0 Å². The Morgan fingerprint density at radius 2 is 1.67 bits per heavy atom. The molecule has 2 aromatic rings. The summed E-state index contributed by atoms with van der Waals surface area (Å²) in [6, 6.07) is 11.8. The minimum atomic E-state index is -0.683. The zero-order valence-electron chi connectivity index (χ0n) is 17.7. The summed E-state index contributed by atoms with van der Waals surface area (Å²) in [5.74, 6) is 0.311. The molecule has 0 fully saturated rings. The Balaban J connectivity index is 2.28. The quantitative estimate of drug-likeness (QED) is 0.592. The Morgan fingerprint density at radius 1 is 1.07 bits per heavy atom. The van der Waals surface area contributed by atoms with Crippen LogP contribution in [-0.4, -0.2) is 35.9 Å². The summed E-state index contributed by atoms with van der Waals surface area (Å²) >= 11 is 12.7. The molecule has 0 aliphatic rings. The maximum absolute atomic E-state index is 13.2. The first-order valence-corrected chi connectivity index (χ1v) is 10.7. The van der Waals surface area contributed by atoms with E-state index in [1.807, 2.05) is 26.0 Å². The summed E-state index contributed by atoms with van der Waals surface area (Å²) in [4.78, 5) is 27.5. The standard InChI is InChI=1S/C23H28Cl2N2O3/c1-5-15(2)26-23(29)16(3)27(14-19-20(24)7-6-8-21(19)25)22(28)13-17-9-11-18(30-4)12-10-17/h6-12,15-16H,5,13-14H2,1-4H3,(H,26,29)/t15-,16-/m1/s1. The van der Waals surface area contributed by atoms with E-state index in [2.05, 4.69) is 5.32 Å². The topological polar surface area (TPSA) is 58.6 Å². The van der Waals surface area contributed by atoms with Gasteiger partial charge in [0.2, 0.25) is 11.8 Å². The van der Waals surface area contributed by atoms with Crippen molar-refractivity contribution >= 4 is 35.0 Å². The van der Waals surface area contributed by atoms with Gasteiger partial charge in [-0.25, -0.2) is 0 Å². The lowest BCUT2D eigenvalue weighted by atomic mass is 10.1. The number of benzene rings is 2. The van der Waals surface area contributed by atoms with Crippen LogP contribution in [0.3, 0.4) is 0 Å². The highest BCUT2D eigenvalue weighted by Crippen LogP contribution is 2.27. The molecule has 0 unspecified atom stereocenters. The second-order valence-corrected chi connectivity index (χ2v) is 8.05. The predicted octanol–water partition coefficient (Wildman–Crippen LogP) is 4.88. The highest BCUT2D eigenvalue weighted by Gasteiger charge is 2.28. The summed E-state index contributed by atoms with van der Waals surface area (Å²) in [6.07, 6.45) is 0.946. The summed E-state index contributed by atoms with van der Waals surface area (Å²) < 4.78 is 5.17. The average Bonchev–Trinajstić information content (AvgIpc) is 2.73. The van der Waals surface area contributed by atoms with Crippen LogP contribution in [-0.2, 0) is 22.6 Å². The van der Waals surface area contributed by atoms with Gasteiger partial charge in [0.05, 0.1) is 13.5 Å². The van der Waals surface area contributed by atoms with Gasteiger partial charge in [-0.15, -0.1) is 0 Å². The lowest BCUT2D eigenvalue weighted by Crippen LogP contribution is -2.50. The van der Waals surface area contributed by atoms with Gasteiger partial charge in [-0.05, 0) is 50.1 Å². The molecule has 0 saturated heterocycles. The molecule has 7 heteroatoms. The molecule has 2 atom stereocenters. The largest absolute Gasteiger partial charge is 0.497 e. The minimum absolute atomic E-state index is 0.0161. The molecule has 0 radical (unpaired) electrons. The van der Waals surface area contributed by atoms with Crippen molar-refractivity contribution in [3.05, 3.63) is 63.6 Å². The van der Waals surface area contributed by atoms with Crippen LogP contribution >= 0.6 is 23.2 Å². The molecule has 5 nitrogen and oxygen atoms in total. The summed E-state index contributed by atoms with van der Waals surface area (Å²) in [5.41, 5.74) is 1.44. The molecule has 1 N–H and O–H groups in total. The first-order chi connectivity index (χ1) is 14.3. The molecule has 0 aliphatic heterocycles. The molecule has 2 amide bonds. The van der Waals surface area contributed by atoms with E-state index >= 15 is 0 Å². The average molecular weight is 451 g/mol. The Kier molecular flexibility index (Phi) is 9.00. The zero-order valence-corrected chi connectivity index (χ0v) is 19.3. The molecule has 0 saturated carbocycles. The SMILES string of the molecule is CC[C@@H](C)NC(=O)[C@@H](C)N(Cc1c(Cl)cccc1Cl)C(=O)Cc1ccc(OC)cc1. The molecular weight excluding hydrogens is 423 g/mol. The Labute approximate surface area is 188 Å². The maximum Gasteiger partial charge on any atom is 0.242 e. The van der Waals surface area contributed by atoms with Gasteiger partial charge in [0.15, 0.2) is 0 Å². The van der Waals surface area contributed by atoms with Gasteiger partial charge < -0.3 is 15.0 Å². The molecule has 0 heterocycles. The van der Waals surface area contributed by atoms with Gasteiger partial charge in [0.1, 0.15) is 11.8 Å². The van der Waals surface area contributed by atoms with Gasteiger partial charge in [0, 0.05) is 28.2 Å². The number of rotatable bonds is 9. The number of nitrogens with zero attached hydrogens (tertiary/aromatic N) is 1. The zero-order chi connectivity index (χ0) is 22.3. The third-order valence-corrected chi connectivity index (χ3v) is 5.78. The van der Waals surface area contributed by atoms with Crippen LogP contribution in [0.4, 0.5) is 0 Å². The summed E-state index contributed by atoms with van der Waals surface area (Å²) in [5, 5.41) is 3.86. The molecule has 0 spiro atoms. The third kappa shape index (κ3) is 6.38. The van der Waals surface area contributed by atoms with E-state index in [1.54, 1.807) is 44.4 Å². The van der Waals surface area contributed by atoms with Crippen molar-refractivity contribution in [1.29, 1.82) is 0 Å². The number of halogens is 2. The van der Waals surface area contributed by atoms with Crippen molar-refractivity contribution in [1.82, 2.24) is 10.2 Å². The predicted molar refractivity (Wildman–Crippen MR) is 121 cm³/mol. The monoisotopic (exact) mass is 450 g/mol. The van der Waals surface area contributed by atoms with E-state index in [-0.39, 0.29) is 30.8 Å². The van der Waals surface area contributed by atoms with Gasteiger partial charge in [-0.1, -0.05) is 48.3 Å². The molecule has 2 aromatic carbocycles. The number of carbonyl (C=O) groups is 2. The maximum atomic E-state index is 13.2. The number of hydrogen-bond acceptors (Lipinski definition) is 3. The molecule has 0 aliphatic carbocycles. The summed E-state index contributed by atoms with van der Waals surface area (Å²) in [6.45, 7) is 5.78. The molecular formula is C23H28Cl2N2O3. The number of nitrogens with one attached hydrogen (secondary N) is 1. The van der Waals surface area contributed by atoms with Crippen LogP contribution in [0.15, 0.2) is 42.5 Å². The van der Waals surface area contributed by atoms with Crippen molar-refractivity contribution in [2.24, 2.45) is 0 Å². The molecule has 162 valence electrons. The number of ether oxygens (including phenoxy) is 1. The van der Waals surface area contributed by atoms with E-state index in [9.17, 15) is 9.59 Å². The van der Waals surface area contributed by atoms with Crippen molar-refractivity contribution in [3.63, 3.8) is 0 Å². The van der Waals surface area contributed by atoms with Crippen LogP contribution in [0.25, 0.3) is 0 Å². The Bertz CT molecular complexity index is 851. The van der Waals surface area contributed by atoms with Crippen molar-refractivity contribution in [2.75, 3.05) is 7.11 Å². The second kappa shape index (κ2) is 11.2. The second-order valence-electron chi connectivity index (χ2n) is 7.24. The van der Waals surface area contributed by atoms with Gasteiger partial charge in [-0.2, -0.15) is 0 Å². The Morgan fingerprint density at radius 3 is 2.20 bits per heavy atom. The van der Waals surface area contributed by atoms with E-state index in [4.69, 9.17) is 27.9 Å². The van der Waals surface area contributed by atoms with Crippen LogP contribution in [0, 0.1) is 0 Å². The van der Waals surface area contributed by atoms with Crippen molar-refractivity contribution < 1.29 is 14.3 Å². The number of hydrogen-bond donors (Lipinski definition) is 1. The van der Waals surface area contributed by atoms with E-state index in [1.165, 1.54) is 4.90 Å². The summed E-state index contributed by atoms with van der Waals surface area (Å²) in [7, 11) is 1.59. The first kappa shape index (κ1) is 24.0. The lowest BCUT2D eigenvalue weighted by Gasteiger charge is -2.30. The van der Waals surface area contributed by atoms with Crippen molar-refractivity contribution in [3.8, 4) is 5.75 Å². The lowest BCUT2D eigenvalue weighted by molar-refractivity contribution is -0.140. The number of carbonyl (C=O) groups excluding carboxylic acids is 2. The van der Waals surface area contributed by atoms with Gasteiger partial charge in [-0.3, -0.25) is 9.59 Å². The van der Waals surface area contributed by atoms with Crippen LogP contribution < -0.4 is 10.1 Å². The fourth-order valence-corrected chi connectivity index (χ4v) is 3.44. The van der Waals surface area contributed by atoms with E-state index in [0.717, 1.165) is 12.0 Å². The molecule has 2 rings (SSSR count). The van der Waals surface area contributed by atoms with E-state index in [0.29, 0.717) is 21.4 Å². The minimum Gasteiger partial charge on any atom is -0.497 e. The van der Waals surface area contributed by atoms with E-state index < -0.39 is 6.04 Å². The fraction of sp³-hybridized carbons (Fsp3) is 0.391. The number of methoxy groups -OCH3 is 1. The van der Waals surface area contributed by atoms with Gasteiger partial charge >= 0.3 is 0 Å². The highest BCUT2D eigenvalue weighted by molar-refractivity contribution is 6.36. The highest BCUT2D eigenvalue weighted by atomic mass is 35.5. The van der Waals surface area contributed by atoms with Crippen LogP contribution in [0.2, 0.25) is 10.0 Å². The fourth-order valence-electron chi connectivity index (χ4n) is 2.92. The normalized spacial score (nSPS) is 12.7. The van der Waals surface area contributed by atoms with Crippen LogP contribution in [0.1, 0.15) is 38.3 Å². The smallest absolute Gasteiger partial charge is 0.242 e. The van der Waals surface area contributed by atoms with Crippen LogP contribution in [0.5, 0.6) is 5.75 Å². The third-order valence-electron chi connectivity index (χ3n) is 5.07. The Hall–Kier alpha value is -2.24. The number of amides is 2. The van der Waals surface area contributed by atoms with Crippen molar-refractivity contribution in [2.45, 2.75) is 52.2 Å². The molecule has 30 heavy (non-hydrogen) atoms. The molecule has 0 bridgehead atoms. The molecule has 0 aromatic heterocycles.